The standard InChI is InChI=1S/C10H13N3O3.BrH/c11-8(10(15)16)3-5-13-4-1-2-7(6-13)9(12)14;/h1-2,4,6,8H,3,5,11H2,(H2-,12,14,15,16);1H/t8-;/m0./s1. The van der Waals surface area contributed by atoms with Crippen LogP contribution in [-0.2, 0) is 11.3 Å². The molecule has 0 aliphatic heterocycles. The molecule has 1 amide bonds. The van der Waals surface area contributed by atoms with E-state index in [1.807, 2.05) is 0 Å². The minimum Gasteiger partial charge on any atom is -1.00 e. The smallest absolute Gasteiger partial charge is 0.320 e. The molecule has 0 spiro atoms. The molecule has 0 aromatic carbocycles. The van der Waals surface area contributed by atoms with Crippen LogP contribution in [0.4, 0.5) is 0 Å². The lowest BCUT2D eigenvalue weighted by Crippen LogP contribution is -3.00. The van der Waals surface area contributed by atoms with Crippen molar-refractivity contribution >= 4 is 11.9 Å². The molecule has 0 aliphatic carbocycles. The molecule has 0 unspecified atom stereocenters. The summed E-state index contributed by atoms with van der Waals surface area (Å²) in [4.78, 5) is 21.4. The number of aliphatic carboxylic acids is 1. The van der Waals surface area contributed by atoms with Crippen molar-refractivity contribution < 1.29 is 36.2 Å². The number of carbonyl (C=O) groups is 2. The Balaban J connectivity index is 0.00000256. The second-order valence-electron chi connectivity index (χ2n) is 3.43. The van der Waals surface area contributed by atoms with E-state index in [1.54, 1.807) is 29.1 Å². The Morgan fingerprint density at radius 1 is 1.47 bits per heavy atom. The van der Waals surface area contributed by atoms with Gasteiger partial charge in [0.15, 0.2) is 18.9 Å². The van der Waals surface area contributed by atoms with Gasteiger partial charge in [-0.05, 0) is 6.07 Å². The number of halogens is 1. The average molecular weight is 304 g/mol. The van der Waals surface area contributed by atoms with Crippen molar-refractivity contribution in [3.8, 4) is 0 Å². The molecule has 1 aromatic heterocycles. The molecule has 5 N–H and O–H groups in total. The normalized spacial score (nSPS) is 11.4. The number of carbonyl (C=O) groups excluding carboxylic acids is 1. The summed E-state index contributed by atoms with van der Waals surface area (Å²) in [6.07, 6.45) is 3.58. The van der Waals surface area contributed by atoms with Gasteiger partial charge in [0.1, 0.15) is 11.6 Å². The average Bonchev–Trinajstić information content (AvgIpc) is 2.26. The van der Waals surface area contributed by atoms with E-state index in [0.29, 0.717) is 18.5 Å². The van der Waals surface area contributed by atoms with Crippen LogP contribution in [0.5, 0.6) is 0 Å². The fourth-order valence-electron chi connectivity index (χ4n) is 1.22. The molecule has 1 heterocycles. The Morgan fingerprint density at radius 3 is 2.65 bits per heavy atom. The Hall–Kier alpha value is -1.47. The van der Waals surface area contributed by atoms with Gasteiger partial charge in [-0.1, -0.05) is 0 Å². The third-order valence-electron chi connectivity index (χ3n) is 2.16. The molecule has 94 valence electrons. The van der Waals surface area contributed by atoms with Gasteiger partial charge < -0.3 is 33.6 Å². The second-order valence-corrected chi connectivity index (χ2v) is 3.43. The van der Waals surface area contributed by atoms with Gasteiger partial charge in [-0.15, -0.1) is 0 Å². The first-order valence-corrected chi connectivity index (χ1v) is 4.78. The lowest BCUT2D eigenvalue weighted by atomic mass is 10.2. The molecular weight excluding hydrogens is 290 g/mol. The number of aromatic nitrogens is 1. The zero-order chi connectivity index (χ0) is 12.1. The van der Waals surface area contributed by atoms with Crippen molar-refractivity contribution in [2.45, 2.75) is 19.0 Å². The molecule has 1 atom stereocenters. The number of aryl methyl sites for hydroxylation is 1. The summed E-state index contributed by atoms with van der Waals surface area (Å²) in [6, 6.07) is 2.37. The van der Waals surface area contributed by atoms with Crippen molar-refractivity contribution in [3.05, 3.63) is 30.1 Å². The summed E-state index contributed by atoms with van der Waals surface area (Å²) in [5.41, 5.74) is 10.9. The van der Waals surface area contributed by atoms with E-state index in [9.17, 15) is 9.59 Å². The molecule has 0 fully saturated rings. The molecule has 7 heteroatoms. The SMILES string of the molecule is NC(=O)c1ccc[n+](CC[C@H](N)C(=O)O)c1.[Br-]. The number of primary amides is 1. The maximum absolute atomic E-state index is 10.9. The zero-order valence-corrected chi connectivity index (χ0v) is 10.6. The van der Waals surface area contributed by atoms with Crippen LogP contribution in [0, 0.1) is 0 Å². The topological polar surface area (TPSA) is 110 Å². The molecule has 6 nitrogen and oxygen atoms in total. The van der Waals surface area contributed by atoms with Crippen molar-refractivity contribution in [2.75, 3.05) is 0 Å². The summed E-state index contributed by atoms with van der Waals surface area (Å²) in [5, 5.41) is 8.59. The number of rotatable bonds is 5. The number of nitrogens with zero attached hydrogens (tertiary/aromatic N) is 1. The van der Waals surface area contributed by atoms with Crippen molar-refractivity contribution in [3.63, 3.8) is 0 Å². The fraction of sp³-hybridized carbons (Fsp3) is 0.300. The van der Waals surface area contributed by atoms with Crippen molar-refractivity contribution in [1.82, 2.24) is 0 Å². The molecule has 0 aliphatic rings. The van der Waals surface area contributed by atoms with Gasteiger partial charge in [0.05, 0.1) is 0 Å². The third-order valence-corrected chi connectivity index (χ3v) is 2.16. The van der Waals surface area contributed by atoms with Gasteiger partial charge in [0.2, 0.25) is 0 Å². The molecule has 0 saturated carbocycles. The highest BCUT2D eigenvalue weighted by Gasteiger charge is 2.14. The number of hydrogen-bond acceptors (Lipinski definition) is 3. The summed E-state index contributed by atoms with van der Waals surface area (Å²) in [6.45, 7) is 0.425. The van der Waals surface area contributed by atoms with Crippen molar-refractivity contribution in [2.24, 2.45) is 11.5 Å². The highest BCUT2D eigenvalue weighted by atomic mass is 79.9. The molecule has 0 saturated heterocycles. The van der Waals surface area contributed by atoms with Gasteiger partial charge in [-0.3, -0.25) is 9.59 Å². The first-order valence-electron chi connectivity index (χ1n) is 4.78. The van der Waals surface area contributed by atoms with E-state index < -0.39 is 17.9 Å². The fourth-order valence-corrected chi connectivity index (χ4v) is 1.22. The van der Waals surface area contributed by atoms with E-state index in [2.05, 4.69) is 0 Å². The Labute approximate surface area is 109 Å². The number of amides is 1. The van der Waals surface area contributed by atoms with Gasteiger partial charge >= 0.3 is 5.97 Å². The van der Waals surface area contributed by atoms with Crippen LogP contribution in [0.2, 0.25) is 0 Å². The minimum atomic E-state index is -1.04. The Morgan fingerprint density at radius 2 is 2.12 bits per heavy atom. The monoisotopic (exact) mass is 303 g/mol. The summed E-state index contributed by atoms with van der Waals surface area (Å²) in [5.74, 6) is -1.55. The van der Waals surface area contributed by atoms with Crippen LogP contribution in [-0.4, -0.2) is 23.0 Å². The predicted molar refractivity (Wildman–Crippen MR) is 55.4 cm³/mol. The molecule has 0 radical (unpaired) electrons. The highest BCUT2D eigenvalue weighted by molar-refractivity contribution is 5.92. The van der Waals surface area contributed by atoms with Crippen LogP contribution in [0.15, 0.2) is 24.5 Å². The van der Waals surface area contributed by atoms with E-state index in [4.69, 9.17) is 16.6 Å². The molecule has 0 bridgehead atoms. The summed E-state index contributed by atoms with van der Waals surface area (Å²) < 4.78 is 1.68. The van der Waals surface area contributed by atoms with Crippen LogP contribution >= 0.6 is 0 Å². The van der Waals surface area contributed by atoms with Crippen LogP contribution in [0.25, 0.3) is 0 Å². The lowest BCUT2D eigenvalue weighted by molar-refractivity contribution is -0.697. The molecule has 1 aromatic rings. The zero-order valence-electron chi connectivity index (χ0n) is 9.04. The van der Waals surface area contributed by atoms with Gasteiger partial charge in [-0.2, -0.15) is 0 Å². The maximum atomic E-state index is 10.9. The van der Waals surface area contributed by atoms with Gasteiger partial charge in [0, 0.05) is 12.5 Å². The molecular formula is C10H14BrN3O3. The first kappa shape index (κ1) is 15.5. The van der Waals surface area contributed by atoms with E-state index in [-0.39, 0.29) is 17.0 Å². The number of pyridine rings is 1. The Kier molecular flexibility index (Phi) is 6.37. The van der Waals surface area contributed by atoms with Crippen LogP contribution in [0.1, 0.15) is 16.8 Å². The predicted octanol–water partition coefficient (Wildman–Crippen LogP) is -4.12. The second kappa shape index (κ2) is 6.97. The minimum absolute atomic E-state index is 0. The van der Waals surface area contributed by atoms with Crippen molar-refractivity contribution in [1.29, 1.82) is 0 Å². The van der Waals surface area contributed by atoms with Gasteiger partial charge in [0.25, 0.3) is 5.91 Å². The summed E-state index contributed by atoms with van der Waals surface area (Å²) in [7, 11) is 0. The summed E-state index contributed by atoms with van der Waals surface area (Å²) >= 11 is 0. The largest absolute Gasteiger partial charge is 1.00 e. The van der Waals surface area contributed by atoms with Gasteiger partial charge in [-0.25, -0.2) is 4.57 Å². The number of carboxylic acids is 1. The van der Waals surface area contributed by atoms with Crippen LogP contribution < -0.4 is 33.0 Å². The first-order chi connectivity index (χ1) is 7.50. The van der Waals surface area contributed by atoms with E-state index in [1.165, 1.54) is 0 Å². The Bertz CT molecular complexity index is 412. The molecule has 1 rings (SSSR count). The maximum Gasteiger partial charge on any atom is 0.320 e. The van der Waals surface area contributed by atoms with E-state index in [0.717, 1.165) is 0 Å². The van der Waals surface area contributed by atoms with Crippen LogP contribution in [0.3, 0.4) is 0 Å². The quantitative estimate of drug-likeness (QED) is 0.480. The molecule has 17 heavy (non-hydrogen) atoms. The lowest BCUT2D eigenvalue weighted by Gasteiger charge is -2.03. The third kappa shape index (κ3) is 4.92. The number of carboxylic acid groups (broad SMARTS) is 1. The van der Waals surface area contributed by atoms with E-state index >= 15 is 0 Å². The highest BCUT2D eigenvalue weighted by Crippen LogP contribution is 1.94. The number of nitrogens with two attached hydrogens (primary N) is 2. The number of hydrogen-bond donors (Lipinski definition) is 3.